The van der Waals surface area contributed by atoms with E-state index in [0.29, 0.717) is 37.0 Å². The van der Waals surface area contributed by atoms with E-state index in [4.69, 9.17) is 26.0 Å². The number of hydrogen-bond donors (Lipinski definition) is 3. The number of carboxylic acid groups (broad SMARTS) is 1. The Balaban J connectivity index is 1.63. The van der Waals surface area contributed by atoms with Crippen LogP contribution in [0, 0.1) is 0 Å². The molecule has 0 bridgehead atoms. The van der Waals surface area contributed by atoms with Crippen LogP contribution >= 0.6 is 0 Å². The number of carboxylic acids is 1. The maximum Gasteiger partial charge on any atom is 0.341 e. The summed E-state index contributed by atoms with van der Waals surface area (Å²) in [7, 11) is 0. The highest BCUT2D eigenvalue weighted by atomic mass is 16.5. The number of rotatable bonds is 8. The third-order valence-corrected chi connectivity index (χ3v) is 4.61. The van der Waals surface area contributed by atoms with Crippen molar-refractivity contribution in [2.24, 2.45) is 0 Å². The van der Waals surface area contributed by atoms with E-state index in [-0.39, 0.29) is 12.6 Å². The van der Waals surface area contributed by atoms with Crippen molar-refractivity contribution in [3.05, 3.63) is 35.4 Å². The maximum absolute atomic E-state index is 10.6. The largest absolute Gasteiger partial charge is 0.482 e. The SMILES string of the molecule is CCN(Cc1ccc(OCC(=O)O)cc1)C[C@@]1(C)Cc2c(N)nc(N)nc2O1. The zero-order valence-electron chi connectivity index (χ0n) is 16.0. The highest BCUT2D eigenvalue weighted by Gasteiger charge is 2.39. The fraction of sp³-hybridized carbons (Fsp3) is 0.421. The quantitative estimate of drug-likeness (QED) is 0.612. The highest BCUT2D eigenvalue weighted by Crippen LogP contribution is 2.37. The molecule has 0 aliphatic carbocycles. The molecule has 2 heterocycles. The van der Waals surface area contributed by atoms with Gasteiger partial charge in [0.25, 0.3) is 0 Å². The van der Waals surface area contributed by atoms with E-state index in [1.54, 1.807) is 12.1 Å². The molecule has 0 saturated carbocycles. The average molecular weight is 387 g/mol. The number of carbonyl (C=O) groups is 1. The number of likely N-dealkylation sites (N-methyl/N-ethyl adjacent to an activating group) is 1. The molecular formula is C19H25N5O4. The fourth-order valence-electron chi connectivity index (χ4n) is 3.33. The van der Waals surface area contributed by atoms with Crippen molar-refractivity contribution in [1.29, 1.82) is 0 Å². The van der Waals surface area contributed by atoms with Gasteiger partial charge in [-0.3, -0.25) is 4.90 Å². The van der Waals surface area contributed by atoms with Gasteiger partial charge < -0.3 is 26.0 Å². The molecule has 28 heavy (non-hydrogen) atoms. The van der Waals surface area contributed by atoms with Gasteiger partial charge in [0.05, 0.1) is 5.56 Å². The number of nitrogen functional groups attached to an aromatic ring is 2. The third kappa shape index (κ3) is 4.61. The van der Waals surface area contributed by atoms with E-state index in [0.717, 1.165) is 17.7 Å². The summed E-state index contributed by atoms with van der Waals surface area (Å²) in [4.78, 5) is 21.0. The zero-order valence-corrected chi connectivity index (χ0v) is 16.0. The fourth-order valence-corrected chi connectivity index (χ4v) is 3.33. The van der Waals surface area contributed by atoms with Gasteiger partial charge in [0.2, 0.25) is 11.8 Å². The number of benzene rings is 1. The number of nitrogens with two attached hydrogens (primary N) is 2. The third-order valence-electron chi connectivity index (χ3n) is 4.61. The second-order valence-corrected chi connectivity index (χ2v) is 7.11. The molecule has 2 aromatic rings. The first-order valence-corrected chi connectivity index (χ1v) is 9.05. The lowest BCUT2D eigenvalue weighted by Crippen LogP contribution is -2.44. The Morgan fingerprint density at radius 2 is 2.04 bits per heavy atom. The first-order valence-electron chi connectivity index (χ1n) is 9.05. The van der Waals surface area contributed by atoms with Crippen molar-refractivity contribution in [2.45, 2.75) is 32.4 Å². The molecule has 3 rings (SSSR count). The van der Waals surface area contributed by atoms with Crippen LogP contribution in [0.3, 0.4) is 0 Å². The van der Waals surface area contributed by atoms with E-state index < -0.39 is 11.6 Å². The first-order chi connectivity index (χ1) is 13.3. The summed E-state index contributed by atoms with van der Waals surface area (Å²) in [5, 5.41) is 8.67. The normalized spacial score (nSPS) is 18.0. The summed E-state index contributed by atoms with van der Waals surface area (Å²) in [6, 6.07) is 7.40. The van der Waals surface area contributed by atoms with Crippen molar-refractivity contribution in [3.63, 3.8) is 0 Å². The summed E-state index contributed by atoms with van der Waals surface area (Å²) in [6.07, 6.45) is 0.618. The number of aromatic nitrogens is 2. The summed E-state index contributed by atoms with van der Waals surface area (Å²) >= 11 is 0. The van der Waals surface area contributed by atoms with E-state index in [1.807, 2.05) is 19.1 Å². The van der Waals surface area contributed by atoms with Crippen LogP contribution in [0.5, 0.6) is 11.6 Å². The molecular weight excluding hydrogens is 362 g/mol. The number of nitrogens with zero attached hydrogens (tertiary/aromatic N) is 3. The van der Waals surface area contributed by atoms with Crippen LogP contribution in [0.4, 0.5) is 11.8 Å². The predicted octanol–water partition coefficient (Wildman–Crippen LogP) is 1.32. The smallest absolute Gasteiger partial charge is 0.341 e. The van der Waals surface area contributed by atoms with Crippen LogP contribution in [-0.4, -0.2) is 51.2 Å². The first kappa shape index (κ1) is 19.7. The predicted molar refractivity (Wildman–Crippen MR) is 104 cm³/mol. The molecule has 150 valence electrons. The second kappa shape index (κ2) is 7.89. The molecule has 0 amide bonds. The molecule has 5 N–H and O–H groups in total. The van der Waals surface area contributed by atoms with E-state index in [9.17, 15) is 4.79 Å². The molecule has 1 aliphatic rings. The number of hydrogen-bond acceptors (Lipinski definition) is 8. The van der Waals surface area contributed by atoms with Gasteiger partial charge in [0, 0.05) is 19.5 Å². The zero-order chi connectivity index (χ0) is 20.3. The van der Waals surface area contributed by atoms with Gasteiger partial charge in [-0.25, -0.2) is 4.79 Å². The van der Waals surface area contributed by atoms with Gasteiger partial charge in [-0.1, -0.05) is 19.1 Å². The van der Waals surface area contributed by atoms with Gasteiger partial charge >= 0.3 is 5.97 Å². The minimum Gasteiger partial charge on any atom is -0.482 e. The van der Waals surface area contributed by atoms with Crippen LogP contribution in [0.1, 0.15) is 25.0 Å². The highest BCUT2D eigenvalue weighted by molar-refractivity contribution is 5.68. The molecule has 0 radical (unpaired) electrons. The molecule has 1 atom stereocenters. The van der Waals surface area contributed by atoms with Crippen molar-refractivity contribution in [2.75, 3.05) is 31.2 Å². The number of anilines is 2. The monoisotopic (exact) mass is 387 g/mol. The molecule has 0 saturated heterocycles. The Morgan fingerprint density at radius 3 is 2.68 bits per heavy atom. The van der Waals surface area contributed by atoms with Crippen molar-refractivity contribution in [3.8, 4) is 11.6 Å². The molecule has 9 heteroatoms. The Kier molecular flexibility index (Phi) is 5.55. The van der Waals surface area contributed by atoms with Crippen LogP contribution < -0.4 is 20.9 Å². The van der Waals surface area contributed by atoms with E-state index >= 15 is 0 Å². The summed E-state index contributed by atoms with van der Waals surface area (Å²) in [5.74, 6) is 0.467. The Morgan fingerprint density at radius 1 is 1.32 bits per heavy atom. The number of ether oxygens (including phenoxy) is 2. The summed E-state index contributed by atoms with van der Waals surface area (Å²) < 4.78 is 11.2. The van der Waals surface area contributed by atoms with Gasteiger partial charge in [-0.2, -0.15) is 9.97 Å². The lowest BCUT2D eigenvalue weighted by atomic mass is 9.99. The molecule has 1 aromatic carbocycles. The van der Waals surface area contributed by atoms with Gasteiger partial charge in [-0.05, 0) is 31.2 Å². The Bertz CT molecular complexity index is 858. The topological polar surface area (TPSA) is 137 Å². The minimum atomic E-state index is -1.00. The van der Waals surface area contributed by atoms with Crippen LogP contribution in [0.15, 0.2) is 24.3 Å². The average Bonchev–Trinajstić information content (AvgIpc) is 2.97. The molecule has 1 aliphatic heterocycles. The number of aliphatic carboxylic acids is 1. The van der Waals surface area contributed by atoms with Crippen LogP contribution in [-0.2, 0) is 17.8 Å². The lowest BCUT2D eigenvalue weighted by molar-refractivity contribution is -0.139. The van der Waals surface area contributed by atoms with Crippen LogP contribution in [0.25, 0.3) is 0 Å². The summed E-state index contributed by atoms with van der Waals surface area (Å²) in [5.41, 5.74) is 13.0. The van der Waals surface area contributed by atoms with Crippen molar-refractivity contribution >= 4 is 17.7 Å². The van der Waals surface area contributed by atoms with Gasteiger partial charge in [0.15, 0.2) is 6.61 Å². The van der Waals surface area contributed by atoms with Gasteiger partial charge in [-0.15, -0.1) is 0 Å². The van der Waals surface area contributed by atoms with E-state index in [2.05, 4.69) is 21.8 Å². The number of fused-ring (bicyclic) bond motifs is 1. The second-order valence-electron chi connectivity index (χ2n) is 7.11. The van der Waals surface area contributed by atoms with E-state index in [1.165, 1.54) is 0 Å². The van der Waals surface area contributed by atoms with Crippen LogP contribution in [0.2, 0.25) is 0 Å². The maximum atomic E-state index is 10.6. The molecule has 1 aromatic heterocycles. The van der Waals surface area contributed by atoms with Crippen molar-refractivity contribution in [1.82, 2.24) is 14.9 Å². The minimum absolute atomic E-state index is 0.109. The molecule has 9 nitrogen and oxygen atoms in total. The Labute approximate surface area is 163 Å². The van der Waals surface area contributed by atoms with Gasteiger partial charge in [0.1, 0.15) is 17.2 Å². The molecule has 0 fully saturated rings. The molecule has 0 spiro atoms. The van der Waals surface area contributed by atoms with Crippen molar-refractivity contribution < 1.29 is 19.4 Å². The standard InChI is InChI=1S/C19H25N5O4/c1-3-24(9-12-4-6-13(7-5-12)27-10-15(25)26)11-19(2)8-14-16(20)22-18(21)23-17(14)28-19/h4-7H,3,8-11H2,1-2H3,(H,25,26)(H4,20,21,22,23)/t19-/m1/s1. The lowest BCUT2D eigenvalue weighted by Gasteiger charge is -2.31. The Hall–Kier alpha value is -3.07. The molecule has 0 unspecified atom stereocenters. The summed E-state index contributed by atoms with van der Waals surface area (Å²) in [6.45, 7) is 5.98.